The third-order valence-corrected chi connectivity index (χ3v) is 6.55. The van der Waals surface area contributed by atoms with Gasteiger partial charge in [-0.15, -0.1) is 11.3 Å². The number of nitro benzene ring substituents is 1. The van der Waals surface area contributed by atoms with Gasteiger partial charge in [0.2, 0.25) is 0 Å². The van der Waals surface area contributed by atoms with Gasteiger partial charge in [0, 0.05) is 11.6 Å². The number of carbonyl (C=O) groups excluding carboxylic acids is 3. The molecule has 9 nitrogen and oxygen atoms in total. The number of anilines is 1. The Morgan fingerprint density at radius 3 is 2.41 bits per heavy atom. The average Bonchev–Trinajstić information content (AvgIpc) is 3.14. The maximum absolute atomic E-state index is 13.0. The summed E-state index contributed by atoms with van der Waals surface area (Å²) in [5, 5.41) is 16.5. The zero-order valence-electron chi connectivity index (χ0n) is 18.4. The Morgan fingerprint density at radius 1 is 1.12 bits per heavy atom. The summed E-state index contributed by atoms with van der Waals surface area (Å²) in [4.78, 5) is 48.9. The molecule has 0 spiro atoms. The molecule has 0 aliphatic carbocycles. The molecular weight excluding hydrogens is 482 g/mol. The second kappa shape index (κ2) is 10.4. The SMILES string of the molecule is COC(=O)c1c(NC(=O)c2ccc(Cl)c([N+](=O)[O-])c2)sc(C(=O)NC(C)c2ccccc2)c1C. The third-order valence-electron chi connectivity index (χ3n) is 5.02. The van der Waals surface area contributed by atoms with Crippen LogP contribution in [-0.2, 0) is 4.74 Å². The molecule has 2 aromatic carbocycles. The van der Waals surface area contributed by atoms with Crippen LogP contribution in [0.25, 0.3) is 0 Å². The molecule has 11 heteroatoms. The first kappa shape index (κ1) is 24.9. The second-order valence-corrected chi connectivity index (χ2v) is 8.66. The number of ether oxygens (including phenoxy) is 1. The highest BCUT2D eigenvalue weighted by atomic mass is 35.5. The monoisotopic (exact) mass is 501 g/mol. The van der Waals surface area contributed by atoms with Gasteiger partial charge in [0.15, 0.2) is 0 Å². The molecule has 0 saturated carbocycles. The summed E-state index contributed by atoms with van der Waals surface area (Å²) in [6, 6.07) is 12.6. The quantitative estimate of drug-likeness (QED) is 0.262. The lowest BCUT2D eigenvalue weighted by Gasteiger charge is -2.14. The number of rotatable bonds is 7. The molecule has 0 radical (unpaired) electrons. The standard InChI is InChI=1S/C23H20ClN3O6S/c1-12-18(23(30)33-3)22(26-20(28)15-9-10-16(24)17(11-15)27(31)32)34-19(12)21(29)25-13(2)14-7-5-4-6-8-14/h4-11,13H,1-3H3,(H,25,29)(H,26,28). The first-order valence-electron chi connectivity index (χ1n) is 9.96. The largest absolute Gasteiger partial charge is 0.465 e. The number of benzene rings is 2. The number of halogens is 1. The lowest BCUT2D eigenvalue weighted by atomic mass is 10.1. The number of thiophene rings is 1. The summed E-state index contributed by atoms with van der Waals surface area (Å²) in [7, 11) is 1.19. The predicted molar refractivity (Wildman–Crippen MR) is 129 cm³/mol. The lowest BCUT2D eigenvalue weighted by molar-refractivity contribution is -0.384. The lowest BCUT2D eigenvalue weighted by Crippen LogP contribution is -2.26. The van der Waals surface area contributed by atoms with Crippen LogP contribution in [0.2, 0.25) is 5.02 Å². The van der Waals surface area contributed by atoms with Crippen LogP contribution in [0.5, 0.6) is 0 Å². The van der Waals surface area contributed by atoms with Crippen molar-refractivity contribution in [2.45, 2.75) is 19.9 Å². The topological polar surface area (TPSA) is 128 Å². The molecule has 0 aliphatic heterocycles. The van der Waals surface area contributed by atoms with Crippen molar-refractivity contribution in [3.8, 4) is 0 Å². The van der Waals surface area contributed by atoms with Crippen molar-refractivity contribution in [2.24, 2.45) is 0 Å². The van der Waals surface area contributed by atoms with E-state index in [1.807, 2.05) is 37.3 Å². The maximum atomic E-state index is 13.0. The van der Waals surface area contributed by atoms with Crippen molar-refractivity contribution in [2.75, 3.05) is 12.4 Å². The highest BCUT2D eigenvalue weighted by molar-refractivity contribution is 7.18. The van der Waals surface area contributed by atoms with Gasteiger partial charge in [-0.3, -0.25) is 19.7 Å². The van der Waals surface area contributed by atoms with Gasteiger partial charge in [-0.2, -0.15) is 0 Å². The zero-order chi connectivity index (χ0) is 25.0. The number of nitrogens with one attached hydrogen (secondary N) is 2. The first-order chi connectivity index (χ1) is 16.1. The first-order valence-corrected chi connectivity index (χ1v) is 11.2. The van der Waals surface area contributed by atoms with Gasteiger partial charge in [-0.25, -0.2) is 4.79 Å². The van der Waals surface area contributed by atoms with Crippen molar-refractivity contribution in [1.29, 1.82) is 0 Å². The van der Waals surface area contributed by atoms with Crippen LogP contribution in [0.3, 0.4) is 0 Å². The van der Waals surface area contributed by atoms with Crippen LogP contribution < -0.4 is 10.6 Å². The smallest absolute Gasteiger partial charge is 0.341 e. The van der Waals surface area contributed by atoms with E-state index < -0.39 is 28.4 Å². The third kappa shape index (κ3) is 5.24. The number of nitrogens with zero attached hydrogens (tertiary/aromatic N) is 1. The number of methoxy groups -OCH3 is 1. The molecule has 0 fully saturated rings. The van der Waals surface area contributed by atoms with Crippen LogP contribution >= 0.6 is 22.9 Å². The summed E-state index contributed by atoms with van der Waals surface area (Å²) in [5.41, 5.74) is 0.798. The Hall–Kier alpha value is -3.76. The van der Waals surface area contributed by atoms with E-state index in [-0.39, 0.29) is 32.1 Å². The fourth-order valence-corrected chi connectivity index (χ4v) is 4.50. The van der Waals surface area contributed by atoms with Gasteiger partial charge in [-0.05, 0) is 37.1 Å². The van der Waals surface area contributed by atoms with Crippen molar-refractivity contribution in [3.63, 3.8) is 0 Å². The van der Waals surface area contributed by atoms with Crippen molar-refractivity contribution in [1.82, 2.24) is 5.32 Å². The molecule has 1 atom stereocenters. The molecule has 0 saturated heterocycles. The maximum Gasteiger partial charge on any atom is 0.341 e. The van der Waals surface area contributed by atoms with Crippen molar-refractivity contribution >= 4 is 51.4 Å². The number of nitro groups is 1. The fourth-order valence-electron chi connectivity index (χ4n) is 3.22. The molecule has 3 rings (SSSR count). The normalized spacial score (nSPS) is 11.4. The minimum Gasteiger partial charge on any atom is -0.465 e. The van der Waals surface area contributed by atoms with E-state index in [2.05, 4.69) is 10.6 Å². The molecule has 1 unspecified atom stereocenters. The molecule has 34 heavy (non-hydrogen) atoms. The predicted octanol–water partition coefficient (Wildman–Crippen LogP) is 5.15. The van der Waals surface area contributed by atoms with E-state index in [1.165, 1.54) is 19.2 Å². The Bertz CT molecular complexity index is 1280. The van der Waals surface area contributed by atoms with Gasteiger partial charge in [0.05, 0.1) is 28.5 Å². The van der Waals surface area contributed by atoms with E-state index in [4.69, 9.17) is 16.3 Å². The number of amides is 2. The zero-order valence-corrected chi connectivity index (χ0v) is 20.0. The summed E-state index contributed by atoms with van der Waals surface area (Å²) in [6.45, 7) is 3.40. The van der Waals surface area contributed by atoms with Gasteiger partial charge in [0.25, 0.3) is 17.5 Å². The van der Waals surface area contributed by atoms with Crippen LogP contribution in [0.4, 0.5) is 10.7 Å². The highest BCUT2D eigenvalue weighted by Crippen LogP contribution is 2.35. The van der Waals surface area contributed by atoms with Crippen LogP contribution in [0, 0.1) is 17.0 Å². The van der Waals surface area contributed by atoms with Gasteiger partial charge < -0.3 is 15.4 Å². The number of esters is 1. The average molecular weight is 502 g/mol. The number of hydrogen-bond donors (Lipinski definition) is 2. The minimum absolute atomic E-state index is 0.0295. The molecule has 0 aliphatic rings. The molecule has 1 heterocycles. The summed E-state index contributed by atoms with van der Waals surface area (Å²) in [6.07, 6.45) is 0. The summed E-state index contributed by atoms with van der Waals surface area (Å²) < 4.78 is 4.83. The van der Waals surface area contributed by atoms with E-state index in [1.54, 1.807) is 6.92 Å². The summed E-state index contributed by atoms with van der Waals surface area (Å²) in [5.74, 6) is -1.87. The Kier molecular flexibility index (Phi) is 7.64. The molecule has 2 amide bonds. The highest BCUT2D eigenvalue weighted by Gasteiger charge is 2.27. The molecule has 2 N–H and O–H groups in total. The molecule has 0 bridgehead atoms. The number of carbonyl (C=O) groups is 3. The van der Waals surface area contributed by atoms with E-state index in [0.717, 1.165) is 23.0 Å². The second-order valence-electron chi connectivity index (χ2n) is 7.24. The molecule has 176 valence electrons. The Labute approximate surface area is 203 Å². The van der Waals surface area contributed by atoms with Gasteiger partial charge in [-0.1, -0.05) is 41.9 Å². The fraction of sp³-hybridized carbons (Fsp3) is 0.174. The molecule has 1 aromatic heterocycles. The van der Waals surface area contributed by atoms with Crippen molar-refractivity contribution in [3.05, 3.63) is 90.8 Å². The Balaban J connectivity index is 1.92. The molecule has 3 aromatic rings. The number of hydrogen-bond acceptors (Lipinski definition) is 7. The van der Waals surface area contributed by atoms with Gasteiger partial charge >= 0.3 is 5.97 Å². The van der Waals surface area contributed by atoms with E-state index in [9.17, 15) is 24.5 Å². The van der Waals surface area contributed by atoms with Crippen LogP contribution in [0.1, 0.15) is 54.5 Å². The Morgan fingerprint density at radius 2 is 1.79 bits per heavy atom. The van der Waals surface area contributed by atoms with Crippen LogP contribution in [-0.4, -0.2) is 29.8 Å². The minimum atomic E-state index is -0.735. The van der Waals surface area contributed by atoms with E-state index in [0.29, 0.717) is 5.56 Å². The van der Waals surface area contributed by atoms with Crippen LogP contribution in [0.15, 0.2) is 48.5 Å². The van der Waals surface area contributed by atoms with Gasteiger partial charge in [0.1, 0.15) is 10.0 Å². The van der Waals surface area contributed by atoms with Crippen molar-refractivity contribution < 1.29 is 24.0 Å². The summed E-state index contributed by atoms with van der Waals surface area (Å²) >= 11 is 6.72. The van der Waals surface area contributed by atoms with E-state index >= 15 is 0 Å². The molecular formula is C23H20ClN3O6S.